The number of benzene rings is 2. The molecule has 0 aliphatic heterocycles. The molecule has 1 aromatic carbocycles. The van der Waals surface area contributed by atoms with Crippen molar-refractivity contribution in [2.24, 2.45) is 0 Å². The lowest BCUT2D eigenvalue weighted by atomic mass is 10.0. The van der Waals surface area contributed by atoms with Gasteiger partial charge in [0, 0.05) is 3.57 Å². The van der Waals surface area contributed by atoms with Gasteiger partial charge in [-0.2, -0.15) is 0 Å². The van der Waals surface area contributed by atoms with Gasteiger partial charge in [-0.25, -0.2) is 4.98 Å². The first kappa shape index (κ1) is 14.1. The largest absolute Gasteiger partial charge is 0.481 e. The molecule has 4 nitrogen and oxygen atoms in total. The molecule has 2 aliphatic carbocycles. The van der Waals surface area contributed by atoms with E-state index in [-0.39, 0.29) is 0 Å². The van der Waals surface area contributed by atoms with Gasteiger partial charge in [-0.05, 0) is 63.7 Å². The van der Waals surface area contributed by atoms with Crippen LogP contribution in [-0.4, -0.2) is 16.1 Å². The van der Waals surface area contributed by atoms with Crippen LogP contribution in [-0.2, 0) is 4.79 Å². The van der Waals surface area contributed by atoms with Gasteiger partial charge in [0.25, 0.3) is 0 Å². The van der Waals surface area contributed by atoms with Crippen molar-refractivity contribution in [3.05, 3.63) is 62.4 Å². The second-order valence-corrected chi connectivity index (χ2v) is 6.00. The number of carboxylic acid groups (broad SMARTS) is 1. The zero-order valence-electron chi connectivity index (χ0n) is 11.2. The number of carbonyl (C=O) groups is 1. The van der Waals surface area contributed by atoms with Crippen molar-refractivity contribution >= 4 is 39.7 Å². The molecule has 1 N–H and O–H groups in total. The molecule has 0 spiro atoms. The summed E-state index contributed by atoms with van der Waals surface area (Å²) in [4.78, 5) is 14.7. The van der Waals surface area contributed by atoms with E-state index >= 15 is 0 Å². The van der Waals surface area contributed by atoms with Crippen LogP contribution < -0.4 is 0 Å². The number of hydrogen-bond acceptors (Lipinski definition) is 3. The average molecular weight is 393 g/mol. The monoisotopic (exact) mass is 393 g/mol. The first-order valence-corrected chi connectivity index (χ1v) is 7.50. The van der Waals surface area contributed by atoms with Crippen molar-refractivity contribution in [3.8, 4) is 0 Å². The highest BCUT2D eigenvalue weighted by atomic mass is 127. The Hall–Kier alpha value is -1.89. The maximum atomic E-state index is 10.7. The van der Waals surface area contributed by atoms with Crippen LogP contribution in [0.1, 0.15) is 18.4 Å². The zero-order valence-corrected chi connectivity index (χ0v) is 13.4. The van der Waals surface area contributed by atoms with Crippen molar-refractivity contribution in [2.75, 3.05) is 0 Å². The van der Waals surface area contributed by atoms with E-state index in [1.807, 2.05) is 0 Å². The van der Waals surface area contributed by atoms with Gasteiger partial charge < -0.3 is 9.52 Å². The van der Waals surface area contributed by atoms with Gasteiger partial charge in [-0.3, -0.25) is 4.79 Å². The van der Waals surface area contributed by atoms with E-state index in [4.69, 9.17) is 9.52 Å². The van der Waals surface area contributed by atoms with Crippen LogP contribution >= 0.6 is 22.6 Å². The van der Waals surface area contributed by atoms with Crippen LogP contribution in [0.5, 0.6) is 0 Å². The van der Waals surface area contributed by atoms with Gasteiger partial charge in [0.2, 0.25) is 0 Å². The lowest BCUT2D eigenvalue weighted by Crippen LogP contribution is -2.06. The van der Waals surface area contributed by atoms with Crippen LogP contribution in [0.3, 0.4) is 0 Å². The summed E-state index contributed by atoms with van der Waals surface area (Å²) in [6.07, 6.45) is 1.35. The minimum absolute atomic E-state index is 0.518. The Kier molecular flexibility index (Phi) is 3.67. The lowest BCUT2D eigenvalue weighted by Gasteiger charge is -2.04. The Bertz CT molecular complexity index is 917. The first-order valence-electron chi connectivity index (χ1n) is 6.42. The van der Waals surface area contributed by atoms with E-state index < -0.39 is 11.9 Å². The highest BCUT2D eigenvalue weighted by Gasteiger charge is 2.14. The molecule has 1 aromatic heterocycles. The number of nitrogens with zero attached hydrogens (tertiary/aromatic N) is 1. The Morgan fingerprint density at radius 2 is 2.10 bits per heavy atom. The number of fused-ring (bicyclic) bond motifs is 1. The second-order valence-electron chi connectivity index (χ2n) is 4.83. The van der Waals surface area contributed by atoms with E-state index in [2.05, 4.69) is 45.8 Å². The standard InChI is InChI=1S/C10H9NO3.C6H3I/c1-6(10(12)13)7-2-3-9-8(4-7)11-5-14-9;7-6-3-4-1-2-5(4)6/h2-6H,1H3,(H,12,13);1-3H. The topological polar surface area (TPSA) is 63.3 Å². The summed E-state index contributed by atoms with van der Waals surface area (Å²) in [5.74, 6) is -1.36. The molecule has 0 saturated heterocycles. The van der Waals surface area contributed by atoms with Gasteiger partial charge >= 0.3 is 5.97 Å². The molecule has 2 aliphatic rings. The van der Waals surface area contributed by atoms with E-state index in [0.29, 0.717) is 11.1 Å². The van der Waals surface area contributed by atoms with E-state index in [1.165, 1.54) is 20.4 Å². The molecule has 0 fully saturated rings. The summed E-state index contributed by atoms with van der Waals surface area (Å²) in [5, 5.41) is 11.7. The fraction of sp³-hybridized carbons (Fsp3) is 0.125. The molecule has 0 radical (unpaired) electrons. The molecular formula is C16H12INO3. The summed E-state index contributed by atoms with van der Waals surface area (Å²) >= 11 is 2.34. The number of aromatic nitrogens is 1. The third kappa shape index (κ3) is 2.65. The zero-order chi connectivity index (χ0) is 15.0. The predicted molar refractivity (Wildman–Crippen MR) is 86.9 cm³/mol. The molecule has 5 heteroatoms. The van der Waals surface area contributed by atoms with Crippen molar-refractivity contribution in [2.45, 2.75) is 12.8 Å². The van der Waals surface area contributed by atoms with E-state index in [0.717, 1.165) is 5.56 Å². The molecule has 4 rings (SSSR count). The van der Waals surface area contributed by atoms with Crippen LogP contribution in [0.4, 0.5) is 0 Å². The molecule has 21 heavy (non-hydrogen) atoms. The molecule has 1 heterocycles. The molecule has 0 amide bonds. The van der Waals surface area contributed by atoms with Crippen molar-refractivity contribution < 1.29 is 14.3 Å². The number of aliphatic carboxylic acids is 1. The van der Waals surface area contributed by atoms with Crippen molar-refractivity contribution in [3.63, 3.8) is 0 Å². The van der Waals surface area contributed by atoms with Crippen molar-refractivity contribution in [1.29, 1.82) is 0 Å². The Morgan fingerprint density at radius 1 is 1.29 bits per heavy atom. The third-order valence-corrected chi connectivity index (χ3v) is 4.40. The number of carboxylic acids is 1. The average Bonchev–Trinajstić information content (AvgIpc) is 2.91. The summed E-state index contributed by atoms with van der Waals surface area (Å²) in [7, 11) is 0. The van der Waals surface area contributed by atoms with E-state index in [9.17, 15) is 4.79 Å². The van der Waals surface area contributed by atoms with Crippen LogP contribution in [0.25, 0.3) is 11.1 Å². The smallest absolute Gasteiger partial charge is 0.310 e. The molecule has 0 saturated carbocycles. The normalized spacial score (nSPS) is 12.5. The number of hydrogen-bond donors (Lipinski definition) is 1. The second kappa shape index (κ2) is 5.48. The lowest BCUT2D eigenvalue weighted by molar-refractivity contribution is -0.138. The van der Waals surface area contributed by atoms with Crippen LogP contribution in [0.15, 0.2) is 47.2 Å². The summed E-state index contributed by atoms with van der Waals surface area (Å²) < 4.78 is 6.47. The fourth-order valence-corrected chi connectivity index (χ4v) is 2.86. The summed E-state index contributed by atoms with van der Waals surface area (Å²) in [6, 6.07) is 11.7. The fourth-order valence-electron chi connectivity index (χ4n) is 2.03. The van der Waals surface area contributed by atoms with Gasteiger partial charge in [-0.15, -0.1) is 0 Å². The van der Waals surface area contributed by atoms with Crippen LogP contribution in [0.2, 0.25) is 0 Å². The molecule has 0 bridgehead atoms. The highest BCUT2D eigenvalue weighted by Crippen LogP contribution is 2.20. The number of halogens is 1. The first-order chi connectivity index (χ1) is 10.1. The molecule has 106 valence electrons. The van der Waals surface area contributed by atoms with Gasteiger partial charge in [0.1, 0.15) is 5.52 Å². The molecular weight excluding hydrogens is 381 g/mol. The van der Waals surface area contributed by atoms with Crippen molar-refractivity contribution in [1.82, 2.24) is 4.98 Å². The molecule has 2 aromatic rings. The quantitative estimate of drug-likeness (QED) is 0.525. The maximum absolute atomic E-state index is 10.7. The Morgan fingerprint density at radius 3 is 2.57 bits per heavy atom. The molecule has 1 atom stereocenters. The minimum atomic E-state index is -0.840. The van der Waals surface area contributed by atoms with Gasteiger partial charge in [0.05, 0.1) is 5.92 Å². The maximum Gasteiger partial charge on any atom is 0.310 e. The van der Waals surface area contributed by atoms with E-state index in [1.54, 1.807) is 25.1 Å². The highest BCUT2D eigenvalue weighted by molar-refractivity contribution is 14.1. The third-order valence-electron chi connectivity index (χ3n) is 3.50. The van der Waals surface area contributed by atoms with Crippen LogP contribution in [0, 0.1) is 14.0 Å². The Labute approximate surface area is 134 Å². The summed E-state index contributed by atoms with van der Waals surface area (Å²) in [6.45, 7) is 1.64. The molecule has 1 unspecified atom stereocenters. The SMILES string of the molecule is CC(C(=O)O)c1ccc2ocnc2c1.Ic1cc2ccc1=2. The predicted octanol–water partition coefficient (Wildman–Crippen LogP) is 3.91. The van der Waals surface area contributed by atoms with Gasteiger partial charge in [0.15, 0.2) is 12.0 Å². The summed E-state index contributed by atoms with van der Waals surface area (Å²) in [5.41, 5.74) is 2.10. The van der Waals surface area contributed by atoms with Gasteiger partial charge in [-0.1, -0.05) is 18.2 Å². The minimum Gasteiger partial charge on any atom is -0.481 e. The number of rotatable bonds is 2. The number of oxazole rings is 1. The Balaban J connectivity index is 0.000000156.